The van der Waals surface area contributed by atoms with Crippen molar-refractivity contribution in [1.82, 2.24) is 10.3 Å². The highest BCUT2D eigenvalue weighted by molar-refractivity contribution is 6.00. The number of primary amides is 1. The molecule has 0 spiro atoms. The lowest BCUT2D eigenvalue weighted by atomic mass is 10.1. The van der Waals surface area contributed by atoms with Crippen molar-refractivity contribution in [2.24, 2.45) is 5.73 Å². The van der Waals surface area contributed by atoms with E-state index in [1.807, 2.05) is 0 Å². The first-order chi connectivity index (χ1) is 11.1. The van der Waals surface area contributed by atoms with E-state index in [1.165, 1.54) is 12.1 Å². The van der Waals surface area contributed by atoms with Crippen molar-refractivity contribution < 1.29 is 14.0 Å². The zero-order valence-electron chi connectivity index (χ0n) is 12.0. The molecule has 23 heavy (non-hydrogen) atoms. The van der Waals surface area contributed by atoms with Crippen LogP contribution in [0.25, 0.3) is 10.9 Å². The fourth-order valence-corrected chi connectivity index (χ4v) is 2.41. The number of nitrogens with one attached hydrogen (secondary N) is 2. The molecule has 1 heterocycles. The van der Waals surface area contributed by atoms with Crippen LogP contribution in [0.1, 0.15) is 22.1 Å². The summed E-state index contributed by atoms with van der Waals surface area (Å²) in [6.45, 7) is 0. The van der Waals surface area contributed by atoms with Gasteiger partial charge in [-0.15, -0.1) is 0 Å². The van der Waals surface area contributed by atoms with Gasteiger partial charge in [0.05, 0.1) is 0 Å². The number of hydrogen-bond acceptors (Lipinski definition) is 2. The first-order valence-electron chi connectivity index (χ1n) is 6.98. The maximum absolute atomic E-state index is 13.7. The number of aromatic nitrogens is 1. The molecule has 6 heteroatoms. The maximum Gasteiger partial charge on any atom is 0.268 e. The summed E-state index contributed by atoms with van der Waals surface area (Å²) in [4.78, 5) is 26.8. The van der Waals surface area contributed by atoms with E-state index in [4.69, 9.17) is 5.73 Å². The molecule has 2 amide bonds. The quantitative estimate of drug-likeness (QED) is 0.690. The molecule has 3 rings (SSSR count). The summed E-state index contributed by atoms with van der Waals surface area (Å²) >= 11 is 0. The topological polar surface area (TPSA) is 88.0 Å². The number of halogens is 1. The Morgan fingerprint density at radius 3 is 2.48 bits per heavy atom. The number of aromatic amines is 1. The number of benzene rings is 2. The van der Waals surface area contributed by atoms with Crippen LogP contribution in [0.3, 0.4) is 0 Å². The average Bonchev–Trinajstić information content (AvgIpc) is 2.99. The molecule has 0 saturated heterocycles. The van der Waals surface area contributed by atoms with Gasteiger partial charge in [0.25, 0.3) is 5.91 Å². The summed E-state index contributed by atoms with van der Waals surface area (Å²) in [5, 5.41) is 2.88. The number of nitrogens with two attached hydrogens (primary N) is 1. The van der Waals surface area contributed by atoms with Crippen LogP contribution in [-0.2, 0) is 4.79 Å². The number of carbonyl (C=O) groups is 2. The van der Waals surface area contributed by atoms with E-state index in [9.17, 15) is 14.0 Å². The number of rotatable bonds is 4. The van der Waals surface area contributed by atoms with E-state index in [0.717, 1.165) is 0 Å². The molecule has 0 aliphatic carbocycles. The third-order valence-electron chi connectivity index (χ3n) is 3.55. The molecular formula is C17H14FN3O2. The van der Waals surface area contributed by atoms with Gasteiger partial charge in [0.2, 0.25) is 5.91 Å². The van der Waals surface area contributed by atoms with Gasteiger partial charge in [0.15, 0.2) is 0 Å². The van der Waals surface area contributed by atoms with Gasteiger partial charge in [0.1, 0.15) is 17.6 Å². The van der Waals surface area contributed by atoms with Gasteiger partial charge in [-0.2, -0.15) is 0 Å². The van der Waals surface area contributed by atoms with Crippen molar-refractivity contribution in [2.45, 2.75) is 6.04 Å². The minimum absolute atomic E-state index is 0.160. The predicted octanol–water partition coefficient (Wildman–Crippen LogP) is 2.26. The standard InChI is InChI=1S/C17H14FN3O2/c18-12-7-4-8-13-11(12)9-14(20-13)17(23)21-15(16(19)22)10-5-2-1-3-6-10/h1-9,15,20H,(H2,19,22)(H,21,23). The minimum Gasteiger partial charge on any atom is -0.368 e. The van der Waals surface area contributed by atoms with Crippen LogP contribution in [0.5, 0.6) is 0 Å². The molecule has 0 fully saturated rings. The fourth-order valence-electron chi connectivity index (χ4n) is 2.41. The van der Waals surface area contributed by atoms with E-state index in [2.05, 4.69) is 10.3 Å². The second kappa shape index (κ2) is 5.92. The summed E-state index contributed by atoms with van der Waals surface area (Å²) in [6, 6.07) is 13.7. The SMILES string of the molecule is NC(=O)C(NC(=O)c1cc2c(F)cccc2[nH]1)c1ccccc1. The van der Waals surface area contributed by atoms with E-state index in [-0.39, 0.29) is 5.69 Å². The van der Waals surface area contributed by atoms with Crippen molar-refractivity contribution in [1.29, 1.82) is 0 Å². The molecule has 3 aromatic rings. The highest BCUT2D eigenvalue weighted by atomic mass is 19.1. The Labute approximate surface area is 131 Å². The lowest BCUT2D eigenvalue weighted by Gasteiger charge is -2.15. The summed E-state index contributed by atoms with van der Waals surface area (Å²) in [5.74, 6) is -1.63. The van der Waals surface area contributed by atoms with Crippen molar-refractivity contribution in [3.63, 3.8) is 0 Å². The van der Waals surface area contributed by atoms with Crippen LogP contribution < -0.4 is 11.1 Å². The Kier molecular flexibility index (Phi) is 3.80. The molecule has 116 valence electrons. The predicted molar refractivity (Wildman–Crippen MR) is 84.1 cm³/mol. The third kappa shape index (κ3) is 2.91. The Balaban J connectivity index is 1.89. The van der Waals surface area contributed by atoms with Gasteiger partial charge in [-0.3, -0.25) is 9.59 Å². The van der Waals surface area contributed by atoms with Crippen LogP contribution in [0, 0.1) is 5.82 Å². The summed E-state index contributed by atoms with van der Waals surface area (Å²) in [6.07, 6.45) is 0. The first kappa shape index (κ1) is 14.8. The van der Waals surface area contributed by atoms with Crippen molar-refractivity contribution in [3.8, 4) is 0 Å². The molecule has 1 unspecified atom stereocenters. The second-order valence-corrected chi connectivity index (χ2v) is 5.10. The van der Waals surface area contributed by atoms with Crippen LogP contribution in [-0.4, -0.2) is 16.8 Å². The molecular weight excluding hydrogens is 297 g/mol. The van der Waals surface area contributed by atoms with Crippen LogP contribution in [0.15, 0.2) is 54.6 Å². The third-order valence-corrected chi connectivity index (χ3v) is 3.55. The van der Waals surface area contributed by atoms with Crippen molar-refractivity contribution in [2.75, 3.05) is 0 Å². The van der Waals surface area contributed by atoms with Gasteiger partial charge in [-0.1, -0.05) is 36.4 Å². The number of hydrogen-bond donors (Lipinski definition) is 3. The van der Waals surface area contributed by atoms with Crippen LogP contribution in [0.2, 0.25) is 0 Å². The van der Waals surface area contributed by atoms with E-state index < -0.39 is 23.7 Å². The molecule has 0 radical (unpaired) electrons. The van der Waals surface area contributed by atoms with E-state index in [0.29, 0.717) is 16.5 Å². The van der Waals surface area contributed by atoms with Crippen LogP contribution in [0.4, 0.5) is 4.39 Å². The highest BCUT2D eigenvalue weighted by Crippen LogP contribution is 2.19. The molecule has 0 bridgehead atoms. The van der Waals surface area contributed by atoms with Gasteiger partial charge >= 0.3 is 0 Å². The molecule has 1 atom stereocenters. The summed E-state index contributed by atoms with van der Waals surface area (Å²) in [7, 11) is 0. The zero-order chi connectivity index (χ0) is 16.4. The van der Waals surface area contributed by atoms with Crippen molar-refractivity contribution in [3.05, 3.63) is 71.7 Å². The molecule has 0 aliphatic rings. The lowest BCUT2D eigenvalue weighted by Crippen LogP contribution is -2.37. The molecule has 4 N–H and O–H groups in total. The Hall–Kier alpha value is -3.15. The van der Waals surface area contributed by atoms with Crippen LogP contribution >= 0.6 is 0 Å². The lowest BCUT2D eigenvalue weighted by molar-refractivity contribution is -0.120. The number of carbonyl (C=O) groups excluding carboxylic acids is 2. The normalized spacial score (nSPS) is 12.0. The van der Waals surface area contributed by atoms with Gasteiger partial charge < -0.3 is 16.0 Å². The Bertz CT molecular complexity index is 874. The number of fused-ring (bicyclic) bond motifs is 1. The van der Waals surface area contributed by atoms with E-state index >= 15 is 0 Å². The van der Waals surface area contributed by atoms with Gasteiger partial charge in [-0.05, 0) is 23.8 Å². The number of H-pyrrole nitrogens is 1. The highest BCUT2D eigenvalue weighted by Gasteiger charge is 2.22. The molecule has 2 aromatic carbocycles. The Morgan fingerprint density at radius 1 is 1.09 bits per heavy atom. The zero-order valence-corrected chi connectivity index (χ0v) is 12.0. The fraction of sp³-hybridized carbons (Fsp3) is 0.0588. The number of amides is 2. The minimum atomic E-state index is -0.958. The van der Waals surface area contributed by atoms with Gasteiger partial charge in [0, 0.05) is 10.9 Å². The maximum atomic E-state index is 13.7. The van der Waals surface area contributed by atoms with E-state index in [1.54, 1.807) is 42.5 Å². The van der Waals surface area contributed by atoms with Gasteiger partial charge in [-0.25, -0.2) is 4.39 Å². The second-order valence-electron chi connectivity index (χ2n) is 5.10. The monoisotopic (exact) mass is 311 g/mol. The summed E-state index contributed by atoms with van der Waals surface area (Å²) < 4.78 is 13.7. The molecule has 1 aromatic heterocycles. The molecule has 0 saturated carbocycles. The Morgan fingerprint density at radius 2 is 1.83 bits per heavy atom. The average molecular weight is 311 g/mol. The first-order valence-corrected chi connectivity index (χ1v) is 6.98. The molecule has 0 aliphatic heterocycles. The van der Waals surface area contributed by atoms with Crippen molar-refractivity contribution >= 4 is 22.7 Å². The smallest absolute Gasteiger partial charge is 0.268 e. The molecule has 5 nitrogen and oxygen atoms in total. The summed E-state index contributed by atoms with van der Waals surface area (Å²) in [5.41, 5.74) is 6.61. The largest absolute Gasteiger partial charge is 0.368 e.